The van der Waals surface area contributed by atoms with E-state index in [0.717, 1.165) is 0 Å². The van der Waals surface area contributed by atoms with Crippen LogP contribution in [0, 0.1) is 0 Å². The smallest absolute Gasteiger partial charge is 0.329 e. The summed E-state index contributed by atoms with van der Waals surface area (Å²) in [5, 5.41) is 9.40. The maximum absolute atomic E-state index is 11.5. The summed E-state index contributed by atoms with van der Waals surface area (Å²) in [6.07, 6.45) is 1.20. The van der Waals surface area contributed by atoms with Crippen molar-refractivity contribution >= 4 is 12.4 Å². The number of aliphatic carboxylic acids is 1. The fourth-order valence-electron chi connectivity index (χ4n) is 2.32. The molecule has 1 rings (SSSR count). The molecule has 0 aromatic heterocycles. The molecule has 1 heterocycles. The molecular formula is C11H19NO4. The van der Waals surface area contributed by atoms with Crippen LogP contribution in [0.1, 0.15) is 33.6 Å². The van der Waals surface area contributed by atoms with Gasteiger partial charge in [-0.2, -0.15) is 0 Å². The molecule has 2 unspecified atom stereocenters. The summed E-state index contributed by atoms with van der Waals surface area (Å²) in [6, 6.07) is -0.126. The van der Waals surface area contributed by atoms with Crippen molar-refractivity contribution in [3.8, 4) is 0 Å². The van der Waals surface area contributed by atoms with E-state index in [-0.39, 0.29) is 12.1 Å². The molecule has 0 saturated carbocycles. The summed E-state index contributed by atoms with van der Waals surface area (Å²) in [4.78, 5) is 24.0. The van der Waals surface area contributed by atoms with Gasteiger partial charge in [-0.1, -0.05) is 0 Å². The van der Waals surface area contributed by atoms with Crippen molar-refractivity contribution in [1.29, 1.82) is 0 Å². The standard InChI is InChI=1S/C11H19NO4/c1-8(2)12(7-13)11(10(14)15)4-5-16-9(3)6-11/h7-9H,4-6H2,1-3H3,(H,14,15). The first-order valence-corrected chi connectivity index (χ1v) is 5.53. The van der Waals surface area contributed by atoms with Crippen LogP contribution in [-0.4, -0.2) is 46.7 Å². The molecule has 0 spiro atoms. The first-order chi connectivity index (χ1) is 7.44. The summed E-state index contributed by atoms with van der Waals surface area (Å²) in [5.41, 5.74) is -1.10. The van der Waals surface area contributed by atoms with Crippen molar-refractivity contribution < 1.29 is 19.4 Å². The van der Waals surface area contributed by atoms with Gasteiger partial charge in [0, 0.05) is 25.5 Å². The molecule has 0 radical (unpaired) electrons. The maximum atomic E-state index is 11.5. The Labute approximate surface area is 95.4 Å². The molecular weight excluding hydrogens is 210 g/mol. The van der Waals surface area contributed by atoms with E-state index in [1.807, 2.05) is 20.8 Å². The van der Waals surface area contributed by atoms with E-state index in [4.69, 9.17) is 4.74 Å². The van der Waals surface area contributed by atoms with Crippen molar-refractivity contribution in [3.05, 3.63) is 0 Å². The van der Waals surface area contributed by atoms with Gasteiger partial charge >= 0.3 is 5.97 Å². The molecule has 0 bridgehead atoms. The lowest BCUT2D eigenvalue weighted by Gasteiger charge is -2.44. The van der Waals surface area contributed by atoms with Crippen molar-refractivity contribution in [2.75, 3.05) is 6.61 Å². The average Bonchev–Trinajstić information content (AvgIpc) is 2.17. The maximum Gasteiger partial charge on any atom is 0.329 e. The SMILES string of the molecule is CC1CC(C(=O)O)(N(C=O)C(C)C)CCO1. The van der Waals surface area contributed by atoms with Crippen LogP contribution in [-0.2, 0) is 14.3 Å². The normalized spacial score (nSPS) is 30.1. The minimum atomic E-state index is -1.10. The van der Waals surface area contributed by atoms with E-state index < -0.39 is 11.5 Å². The predicted molar refractivity (Wildman–Crippen MR) is 58.1 cm³/mol. The molecule has 5 heteroatoms. The van der Waals surface area contributed by atoms with Crippen molar-refractivity contribution in [2.24, 2.45) is 0 Å². The van der Waals surface area contributed by atoms with E-state index >= 15 is 0 Å². The third kappa shape index (κ3) is 2.19. The molecule has 16 heavy (non-hydrogen) atoms. The second-order valence-corrected chi connectivity index (χ2v) is 4.58. The molecule has 5 nitrogen and oxygen atoms in total. The molecule has 1 amide bonds. The van der Waals surface area contributed by atoms with E-state index in [0.29, 0.717) is 25.9 Å². The summed E-state index contributed by atoms with van der Waals surface area (Å²) in [7, 11) is 0. The number of carboxylic acids is 1. The van der Waals surface area contributed by atoms with Gasteiger partial charge in [0.05, 0.1) is 6.10 Å². The molecule has 92 valence electrons. The Morgan fingerprint density at radius 3 is 2.62 bits per heavy atom. The molecule has 1 aliphatic rings. The zero-order chi connectivity index (χ0) is 12.3. The average molecular weight is 229 g/mol. The Bertz CT molecular complexity index is 279. The van der Waals surface area contributed by atoms with Gasteiger partial charge in [-0.25, -0.2) is 4.79 Å². The van der Waals surface area contributed by atoms with Gasteiger partial charge < -0.3 is 14.7 Å². The number of hydrogen-bond acceptors (Lipinski definition) is 3. The minimum absolute atomic E-state index is 0.126. The largest absolute Gasteiger partial charge is 0.479 e. The van der Waals surface area contributed by atoms with Gasteiger partial charge in [0.15, 0.2) is 0 Å². The minimum Gasteiger partial charge on any atom is -0.479 e. The van der Waals surface area contributed by atoms with Crippen LogP contribution in [0.4, 0.5) is 0 Å². The van der Waals surface area contributed by atoms with Crippen LogP contribution < -0.4 is 0 Å². The van der Waals surface area contributed by atoms with Gasteiger partial charge in [0.1, 0.15) is 5.54 Å². The second kappa shape index (κ2) is 4.82. The molecule has 0 aromatic carbocycles. The number of hydrogen-bond donors (Lipinski definition) is 1. The molecule has 1 N–H and O–H groups in total. The summed E-state index contributed by atoms with van der Waals surface area (Å²) >= 11 is 0. The fourth-order valence-corrected chi connectivity index (χ4v) is 2.32. The lowest BCUT2D eigenvalue weighted by molar-refractivity contribution is -0.168. The molecule has 2 atom stereocenters. The Morgan fingerprint density at radius 1 is 1.62 bits per heavy atom. The third-order valence-electron chi connectivity index (χ3n) is 3.11. The molecule has 0 aliphatic carbocycles. The number of carbonyl (C=O) groups is 2. The number of carbonyl (C=O) groups excluding carboxylic acids is 1. The van der Waals surface area contributed by atoms with Gasteiger partial charge in [0.25, 0.3) is 0 Å². The van der Waals surface area contributed by atoms with Crippen molar-refractivity contribution in [3.63, 3.8) is 0 Å². The summed E-state index contributed by atoms with van der Waals surface area (Å²) in [5.74, 6) is -0.941. The van der Waals surface area contributed by atoms with Gasteiger partial charge in [-0.15, -0.1) is 0 Å². The molecule has 1 aliphatic heterocycles. The number of carboxylic acid groups (broad SMARTS) is 1. The Morgan fingerprint density at radius 2 is 2.25 bits per heavy atom. The summed E-state index contributed by atoms with van der Waals surface area (Å²) < 4.78 is 5.35. The number of rotatable bonds is 4. The van der Waals surface area contributed by atoms with Crippen LogP contribution >= 0.6 is 0 Å². The lowest BCUT2D eigenvalue weighted by atomic mass is 9.84. The monoisotopic (exact) mass is 229 g/mol. The van der Waals surface area contributed by atoms with Crippen LogP contribution in [0.3, 0.4) is 0 Å². The van der Waals surface area contributed by atoms with Crippen LogP contribution in [0.15, 0.2) is 0 Å². The number of nitrogens with zero attached hydrogens (tertiary/aromatic N) is 1. The lowest BCUT2D eigenvalue weighted by Crippen LogP contribution is -2.60. The first-order valence-electron chi connectivity index (χ1n) is 5.53. The van der Waals surface area contributed by atoms with E-state index in [9.17, 15) is 14.7 Å². The van der Waals surface area contributed by atoms with Gasteiger partial charge in [-0.05, 0) is 20.8 Å². The zero-order valence-electron chi connectivity index (χ0n) is 9.97. The molecule has 1 fully saturated rings. The van der Waals surface area contributed by atoms with E-state index in [1.54, 1.807) is 0 Å². The van der Waals surface area contributed by atoms with Crippen LogP contribution in [0.2, 0.25) is 0 Å². The highest BCUT2D eigenvalue weighted by Crippen LogP contribution is 2.32. The fraction of sp³-hybridized carbons (Fsp3) is 0.818. The number of amides is 1. The Hall–Kier alpha value is -1.10. The first kappa shape index (κ1) is 13.0. The van der Waals surface area contributed by atoms with Gasteiger partial charge in [-0.3, -0.25) is 4.79 Å². The Kier molecular flexibility index (Phi) is 3.91. The van der Waals surface area contributed by atoms with Crippen molar-refractivity contribution in [1.82, 2.24) is 4.90 Å². The van der Waals surface area contributed by atoms with Gasteiger partial charge in [0.2, 0.25) is 6.41 Å². The number of ether oxygens (including phenoxy) is 1. The highest BCUT2D eigenvalue weighted by atomic mass is 16.5. The molecule has 1 saturated heterocycles. The predicted octanol–water partition coefficient (Wildman–Crippen LogP) is 0.875. The van der Waals surface area contributed by atoms with Crippen molar-refractivity contribution in [2.45, 2.75) is 51.3 Å². The molecule has 0 aromatic rings. The van der Waals surface area contributed by atoms with E-state index in [2.05, 4.69) is 0 Å². The topological polar surface area (TPSA) is 66.8 Å². The zero-order valence-corrected chi connectivity index (χ0v) is 9.97. The van der Waals surface area contributed by atoms with Crippen LogP contribution in [0.25, 0.3) is 0 Å². The highest BCUT2D eigenvalue weighted by Gasteiger charge is 2.48. The van der Waals surface area contributed by atoms with Crippen LogP contribution in [0.5, 0.6) is 0 Å². The third-order valence-corrected chi connectivity index (χ3v) is 3.11. The summed E-state index contributed by atoms with van der Waals surface area (Å²) in [6.45, 7) is 5.85. The highest BCUT2D eigenvalue weighted by molar-refractivity contribution is 5.81. The Balaban J connectivity index is 3.03. The quantitative estimate of drug-likeness (QED) is 0.726. The second-order valence-electron chi connectivity index (χ2n) is 4.58. The van der Waals surface area contributed by atoms with E-state index in [1.165, 1.54) is 4.90 Å².